The molecule has 3 rings (SSSR count). The lowest BCUT2D eigenvalue weighted by Gasteiger charge is -2.32. The van der Waals surface area contributed by atoms with E-state index in [4.69, 9.17) is 23.2 Å². The van der Waals surface area contributed by atoms with Gasteiger partial charge in [0.25, 0.3) is 5.91 Å². The van der Waals surface area contributed by atoms with E-state index in [1.807, 2.05) is 0 Å². The fourth-order valence-corrected chi connectivity index (χ4v) is 3.73. The zero-order valence-electron chi connectivity index (χ0n) is 14.2. The van der Waals surface area contributed by atoms with Gasteiger partial charge in [-0.1, -0.05) is 29.3 Å². The molecule has 10 heteroatoms. The van der Waals surface area contributed by atoms with E-state index in [-0.39, 0.29) is 46.3 Å². The summed E-state index contributed by atoms with van der Waals surface area (Å²) in [4.78, 5) is 16.5. The molecule has 0 unspecified atom stereocenters. The van der Waals surface area contributed by atoms with Crippen molar-refractivity contribution >= 4 is 29.1 Å². The quantitative estimate of drug-likeness (QED) is 0.684. The smallest absolute Gasteiger partial charge is 0.387 e. The normalized spacial score (nSPS) is 21.9. The number of alkyl halides is 4. The first-order valence-electron chi connectivity index (χ1n) is 8.20. The Bertz CT molecular complexity index is 900. The van der Waals surface area contributed by atoms with Crippen molar-refractivity contribution in [3.8, 4) is 0 Å². The molecule has 4 nitrogen and oxygen atoms in total. The zero-order chi connectivity index (χ0) is 20.7. The van der Waals surface area contributed by atoms with E-state index in [0.717, 1.165) is 0 Å². The maximum Gasteiger partial charge on any atom is 0.416 e. The van der Waals surface area contributed by atoms with Crippen LogP contribution in [-0.4, -0.2) is 16.0 Å². The van der Waals surface area contributed by atoms with Crippen molar-refractivity contribution in [2.24, 2.45) is 0 Å². The van der Waals surface area contributed by atoms with Gasteiger partial charge in [-0.2, -0.15) is 13.2 Å². The standard InChI is InChI=1S/C18H14Cl2F4N2O2/c19-12-6-9(18(22,23)24)7-13(20)10(12)8-26-16(28)17(21)4-3-14(27)15-11(17)2-1-5-25-15/h1-2,5-7,14,27H,3-4,8H2,(H,26,28)/t14-,17-/m0/s1. The SMILES string of the molecule is O=C(NCc1c(Cl)cc(C(F)(F)F)cc1Cl)[C@]1(F)CC[C@H](O)c2ncccc21. The van der Waals surface area contributed by atoms with Gasteiger partial charge in [0.1, 0.15) is 0 Å². The van der Waals surface area contributed by atoms with Crippen LogP contribution in [0.5, 0.6) is 0 Å². The van der Waals surface area contributed by atoms with Crippen molar-refractivity contribution in [1.29, 1.82) is 0 Å². The van der Waals surface area contributed by atoms with Gasteiger partial charge < -0.3 is 10.4 Å². The van der Waals surface area contributed by atoms with Crippen LogP contribution in [0.2, 0.25) is 10.0 Å². The average molecular weight is 437 g/mol. The Hall–Kier alpha value is -1.90. The number of benzene rings is 1. The molecule has 2 N–H and O–H groups in total. The molecule has 1 aromatic carbocycles. The zero-order valence-corrected chi connectivity index (χ0v) is 15.7. The summed E-state index contributed by atoms with van der Waals surface area (Å²) in [6.45, 7) is -0.363. The fourth-order valence-electron chi connectivity index (χ4n) is 3.11. The Balaban J connectivity index is 1.83. The Labute approximate surface area is 167 Å². The molecule has 0 fully saturated rings. The van der Waals surface area contributed by atoms with Crippen molar-refractivity contribution < 1.29 is 27.5 Å². The number of carbonyl (C=O) groups is 1. The van der Waals surface area contributed by atoms with Gasteiger partial charge in [0.15, 0.2) is 0 Å². The molecular weight excluding hydrogens is 423 g/mol. The summed E-state index contributed by atoms with van der Waals surface area (Å²) >= 11 is 11.7. The highest BCUT2D eigenvalue weighted by atomic mass is 35.5. The molecule has 1 aromatic heterocycles. The maximum atomic E-state index is 15.5. The Morgan fingerprint density at radius 1 is 1.32 bits per heavy atom. The van der Waals surface area contributed by atoms with Crippen LogP contribution in [-0.2, 0) is 23.2 Å². The van der Waals surface area contributed by atoms with E-state index in [9.17, 15) is 23.1 Å². The molecule has 2 aromatic rings. The van der Waals surface area contributed by atoms with E-state index in [0.29, 0.717) is 12.1 Å². The van der Waals surface area contributed by atoms with Crippen molar-refractivity contribution in [2.45, 2.75) is 37.3 Å². The number of amides is 1. The molecule has 1 aliphatic carbocycles. The first-order valence-corrected chi connectivity index (χ1v) is 8.95. The first-order chi connectivity index (χ1) is 13.0. The molecule has 1 aliphatic rings. The third-order valence-corrected chi connectivity index (χ3v) is 5.27. The summed E-state index contributed by atoms with van der Waals surface area (Å²) in [5.41, 5.74) is -3.39. The molecule has 2 atom stereocenters. The largest absolute Gasteiger partial charge is 0.416 e. The van der Waals surface area contributed by atoms with E-state index >= 15 is 4.39 Å². The van der Waals surface area contributed by atoms with Gasteiger partial charge in [-0.3, -0.25) is 9.78 Å². The van der Waals surface area contributed by atoms with Gasteiger partial charge in [0, 0.05) is 33.9 Å². The topological polar surface area (TPSA) is 62.2 Å². The first kappa shape index (κ1) is 20.8. The van der Waals surface area contributed by atoms with Crippen LogP contribution in [0.3, 0.4) is 0 Å². The van der Waals surface area contributed by atoms with E-state index in [2.05, 4.69) is 10.3 Å². The number of hydrogen-bond acceptors (Lipinski definition) is 3. The summed E-state index contributed by atoms with van der Waals surface area (Å²) in [5.74, 6) is -1.01. The maximum absolute atomic E-state index is 15.5. The molecular formula is C18H14Cl2F4N2O2. The van der Waals surface area contributed by atoms with Crippen molar-refractivity contribution in [3.05, 3.63) is 62.9 Å². The number of aliphatic hydroxyl groups excluding tert-OH is 1. The lowest BCUT2D eigenvalue weighted by molar-refractivity contribution is -0.138. The number of nitrogens with one attached hydrogen (secondary N) is 1. The van der Waals surface area contributed by atoms with Gasteiger partial charge in [-0.05, 0) is 31.0 Å². The number of rotatable bonds is 3. The van der Waals surface area contributed by atoms with E-state index < -0.39 is 29.4 Å². The molecule has 1 heterocycles. The minimum absolute atomic E-state index is 0.00424. The lowest BCUT2D eigenvalue weighted by Crippen LogP contribution is -2.44. The minimum Gasteiger partial charge on any atom is -0.387 e. The van der Waals surface area contributed by atoms with Crippen molar-refractivity contribution in [3.63, 3.8) is 0 Å². The number of carbonyl (C=O) groups excluding carboxylic acids is 1. The van der Waals surface area contributed by atoms with Crippen LogP contribution in [0.25, 0.3) is 0 Å². The highest BCUT2D eigenvalue weighted by Crippen LogP contribution is 2.42. The predicted molar refractivity (Wildman–Crippen MR) is 94.5 cm³/mol. The van der Waals surface area contributed by atoms with E-state index in [1.54, 1.807) is 0 Å². The second-order valence-electron chi connectivity index (χ2n) is 6.39. The predicted octanol–water partition coefficient (Wildman–Crippen LogP) is 4.72. The minimum atomic E-state index is -4.63. The number of aromatic nitrogens is 1. The fraction of sp³-hybridized carbons (Fsp3) is 0.333. The Morgan fingerprint density at radius 3 is 2.57 bits per heavy atom. The molecule has 0 aliphatic heterocycles. The molecule has 0 saturated carbocycles. The molecule has 0 radical (unpaired) electrons. The third-order valence-electron chi connectivity index (χ3n) is 4.60. The Morgan fingerprint density at radius 2 is 1.96 bits per heavy atom. The second-order valence-corrected chi connectivity index (χ2v) is 7.21. The van der Waals surface area contributed by atoms with Crippen LogP contribution in [0.1, 0.15) is 41.3 Å². The van der Waals surface area contributed by atoms with Gasteiger partial charge >= 0.3 is 6.18 Å². The third kappa shape index (κ3) is 3.81. The van der Waals surface area contributed by atoms with Crippen LogP contribution in [0.4, 0.5) is 17.6 Å². The molecule has 0 saturated heterocycles. The van der Waals surface area contributed by atoms with Gasteiger partial charge in [-0.15, -0.1) is 0 Å². The van der Waals surface area contributed by atoms with Crippen LogP contribution in [0.15, 0.2) is 30.5 Å². The Kier molecular flexibility index (Phi) is 5.58. The monoisotopic (exact) mass is 436 g/mol. The average Bonchev–Trinajstić information content (AvgIpc) is 2.63. The number of nitrogens with zero attached hydrogens (tertiary/aromatic N) is 1. The van der Waals surface area contributed by atoms with E-state index in [1.165, 1.54) is 18.3 Å². The summed E-state index contributed by atoms with van der Waals surface area (Å²) in [7, 11) is 0. The molecule has 0 spiro atoms. The molecule has 150 valence electrons. The van der Waals surface area contributed by atoms with Gasteiger partial charge in [-0.25, -0.2) is 4.39 Å². The highest BCUT2D eigenvalue weighted by molar-refractivity contribution is 6.36. The number of hydrogen-bond donors (Lipinski definition) is 2. The molecule has 0 bridgehead atoms. The summed E-state index contributed by atoms with van der Waals surface area (Å²) in [6, 6.07) is 4.19. The number of pyridine rings is 1. The summed E-state index contributed by atoms with van der Waals surface area (Å²) < 4.78 is 53.9. The summed E-state index contributed by atoms with van der Waals surface area (Å²) in [5, 5.41) is 11.7. The highest BCUT2D eigenvalue weighted by Gasteiger charge is 2.46. The van der Waals surface area contributed by atoms with Gasteiger partial charge in [0.2, 0.25) is 5.67 Å². The van der Waals surface area contributed by atoms with Crippen LogP contribution in [0, 0.1) is 0 Å². The van der Waals surface area contributed by atoms with Crippen LogP contribution >= 0.6 is 23.2 Å². The van der Waals surface area contributed by atoms with Crippen molar-refractivity contribution in [1.82, 2.24) is 10.3 Å². The lowest BCUT2D eigenvalue weighted by atomic mass is 9.81. The molecule has 1 amide bonds. The second kappa shape index (κ2) is 7.50. The van der Waals surface area contributed by atoms with Crippen LogP contribution < -0.4 is 5.32 Å². The number of aliphatic hydroxyl groups is 1. The number of fused-ring (bicyclic) bond motifs is 1. The number of halogens is 6. The van der Waals surface area contributed by atoms with Crippen molar-refractivity contribution in [2.75, 3.05) is 0 Å². The summed E-state index contributed by atoms with van der Waals surface area (Å²) in [6.07, 6.45) is -4.50. The van der Waals surface area contributed by atoms with Gasteiger partial charge in [0.05, 0.1) is 17.4 Å². The molecule has 28 heavy (non-hydrogen) atoms.